The number of hydrogen-bond acceptors (Lipinski definition) is 0. The van der Waals surface area contributed by atoms with Crippen molar-refractivity contribution in [2.45, 2.75) is 62.3 Å². The average Bonchev–Trinajstić information content (AvgIpc) is 3.32. The molecule has 0 radical (unpaired) electrons. The van der Waals surface area contributed by atoms with Gasteiger partial charge in [-0.05, 0) is 228 Å². The standard InChI is InChI=1S/3C7H7Br.C7H7Cl.3C7H7F.2C7H7I/c1-6-2-4-7(8)5-3-6;3*1-6-3-2-4-7(8)5-6;2*1-6-2-4-7(8)5-3-6;1-6-3-2-4-7(8)5-6;1-6-2-4-7(8)5-3-6;1-6-3-2-4-7(8)5-6/h9*2-5H,1H3. The van der Waals surface area contributed by atoms with E-state index in [1.165, 1.54) is 76.9 Å². The summed E-state index contributed by atoms with van der Waals surface area (Å²) in [6.07, 6.45) is 0. The molecule has 0 amide bonds. The number of hydrogen-bond donors (Lipinski definition) is 0. The molecule has 0 spiro atoms. The van der Waals surface area contributed by atoms with Gasteiger partial charge in [0.25, 0.3) is 0 Å². The van der Waals surface area contributed by atoms with Crippen LogP contribution in [0.2, 0.25) is 5.02 Å². The van der Waals surface area contributed by atoms with Crippen molar-refractivity contribution < 1.29 is 13.2 Å². The van der Waals surface area contributed by atoms with E-state index >= 15 is 0 Å². The molecule has 0 aliphatic carbocycles. The Morgan fingerprint density at radius 3 is 0.819 bits per heavy atom. The van der Waals surface area contributed by atoms with Crippen LogP contribution in [0.3, 0.4) is 0 Å². The molecule has 0 heterocycles. The summed E-state index contributed by atoms with van der Waals surface area (Å²) in [5.74, 6) is -0.504. The third-order valence-corrected chi connectivity index (χ3v) is 12.1. The molecule has 72 heavy (non-hydrogen) atoms. The van der Waals surface area contributed by atoms with Crippen LogP contribution < -0.4 is 0 Å². The summed E-state index contributed by atoms with van der Waals surface area (Å²) in [6, 6.07) is 68.5. The van der Waals surface area contributed by atoms with Gasteiger partial charge in [0.15, 0.2) is 0 Å². The number of rotatable bonds is 0. The van der Waals surface area contributed by atoms with Gasteiger partial charge in [-0.25, -0.2) is 13.2 Å². The van der Waals surface area contributed by atoms with Crippen LogP contribution in [0.25, 0.3) is 0 Å². The molecule has 9 aromatic rings. The van der Waals surface area contributed by atoms with Crippen molar-refractivity contribution in [1.29, 1.82) is 0 Å². The van der Waals surface area contributed by atoms with Crippen LogP contribution in [0.15, 0.2) is 232 Å². The molecule has 9 rings (SSSR count). The summed E-state index contributed by atoms with van der Waals surface area (Å²) in [4.78, 5) is 0. The van der Waals surface area contributed by atoms with Crippen molar-refractivity contribution in [2.24, 2.45) is 0 Å². The lowest BCUT2D eigenvalue weighted by Gasteiger charge is -1.89. The SMILES string of the molecule is Cc1ccc(Br)cc1.Cc1ccc(F)cc1.Cc1ccc(F)cc1.Cc1ccc(I)cc1.Cc1cccc(Br)c1.Cc1cccc(Br)c1.Cc1cccc(Cl)c1.Cc1cccc(F)c1.Cc1cccc(I)c1. The number of halogens is 9. The summed E-state index contributed by atoms with van der Waals surface area (Å²) in [5.41, 5.74) is 10.9. The topological polar surface area (TPSA) is 0 Å². The van der Waals surface area contributed by atoms with Crippen LogP contribution in [0.5, 0.6) is 0 Å². The second-order valence-corrected chi connectivity index (χ2v) is 21.9. The Bertz CT molecular complexity index is 2230. The van der Waals surface area contributed by atoms with Crippen LogP contribution in [0, 0.1) is 86.9 Å². The number of aryl methyl sites for hydroxylation is 9. The summed E-state index contributed by atoms with van der Waals surface area (Å²) in [7, 11) is 0. The summed E-state index contributed by atoms with van der Waals surface area (Å²) in [6.45, 7) is 18.2. The summed E-state index contributed by atoms with van der Waals surface area (Å²) >= 11 is 20.3. The van der Waals surface area contributed by atoms with E-state index < -0.39 is 0 Å². The predicted octanol–water partition coefficient (Wildman–Crippen LogP) is 22.5. The maximum absolute atomic E-state index is 12.2. The quantitative estimate of drug-likeness (QED) is 0.133. The lowest BCUT2D eigenvalue weighted by atomic mass is 10.2. The fraction of sp³-hybridized carbons (Fsp3) is 0.143. The molecule has 0 nitrogen and oxygen atoms in total. The zero-order chi connectivity index (χ0) is 53.8. The molecule has 0 aromatic heterocycles. The molecule has 0 fully saturated rings. The Kier molecular flexibility index (Phi) is 36.1. The zero-order valence-corrected chi connectivity index (χ0v) is 52.0. The van der Waals surface area contributed by atoms with Crippen LogP contribution in [-0.4, -0.2) is 0 Å². The van der Waals surface area contributed by atoms with Crippen molar-refractivity contribution in [2.75, 3.05) is 0 Å². The van der Waals surface area contributed by atoms with E-state index in [1.807, 2.05) is 94.4 Å². The van der Waals surface area contributed by atoms with Crippen LogP contribution in [-0.2, 0) is 0 Å². The highest BCUT2D eigenvalue weighted by Crippen LogP contribution is 2.12. The van der Waals surface area contributed by atoms with Gasteiger partial charge in [-0.15, -0.1) is 0 Å². The maximum atomic E-state index is 12.2. The minimum absolute atomic E-state index is 0.162. The first-order valence-electron chi connectivity index (χ1n) is 22.6. The first-order valence-corrected chi connectivity index (χ1v) is 27.5. The van der Waals surface area contributed by atoms with E-state index in [1.54, 1.807) is 30.3 Å². The predicted molar refractivity (Wildman–Crippen MR) is 334 cm³/mol. The molecule has 0 saturated heterocycles. The van der Waals surface area contributed by atoms with Gasteiger partial charge in [0.05, 0.1) is 0 Å². The van der Waals surface area contributed by atoms with Crippen molar-refractivity contribution in [1.82, 2.24) is 0 Å². The third kappa shape index (κ3) is 37.7. The minimum Gasteiger partial charge on any atom is -0.207 e. The highest BCUT2D eigenvalue weighted by atomic mass is 127. The highest BCUT2D eigenvalue weighted by Gasteiger charge is 1.88. The first-order chi connectivity index (χ1) is 34.1. The van der Waals surface area contributed by atoms with Crippen LogP contribution >= 0.6 is 105 Å². The molecule has 0 atom stereocenters. The van der Waals surface area contributed by atoms with Crippen LogP contribution in [0.4, 0.5) is 13.2 Å². The molecule has 378 valence electrons. The third-order valence-electron chi connectivity index (χ3n) is 8.94. The van der Waals surface area contributed by atoms with Gasteiger partial charge in [-0.3, -0.25) is 0 Å². The highest BCUT2D eigenvalue weighted by molar-refractivity contribution is 14.1. The molecular weight excluding hydrogens is 1340 g/mol. The average molecular weight is 1410 g/mol. The molecule has 0 aliphatic heterocycles. The molecule has 9 aromatic carbocycles. The molecule has 0 N–H and O–H groups in total. The smallest absolute Gasteiger partial charge is 0.123 e. The van der Waals surface area contributed by atoms with Gasteiger partial charge in [0.2, 0.25) is 0 Å². The molecule has 0 bridgehead atoms. The van der Waals surface area contributed by atoms with Gasteiger partial charge in [0.1, 0.15) is 17.5 Å². The number of benzene rings is 9. The first kappa shape index (κ1) is 66.0. The second-order valence-electron chi connectivity index (χ2n) is 16.2. The van der Waals surface area contributed by atoms with E-state index in [-0.39, 0.29) is 17.5 Å². The van der Waals surface area contributed by atoms with E-state index in [4.69, 9.17) is 11.6 Å². The zero-order valence-electron chi connectivity index (χ0n) is 42.2. The van der Waals surface area contributed by atoms with Crippen molar-refractivity contribution >= 4 is 105 Å². The van der Waals surface area contributed by atoms with E-state index in [0.29, 0.717) is 0 Å². The maximum Gasteiger partial charge on any atom is 0.123 e. The molecular formula is C63H63Br3ClF3I2. The molecule has 0 unspecified atom stereocenters. The lowest BCUT2D eigenvalue weighted by molar-refractivity contribution is 0.626. The van der Waals surface area contributed by atoms with Crippen molar-refractivity contribution in [3.8, 4) is 0 Å². The fourth-order valence-electron chi connectivity index (χ4n) is 5.16. The van der Waals surface area contributed by atoms with Gasteiger partial charge in [-0.1, -0.05) is 208 Å². The Morgan fingerprint density at radius 2 is 0.597 bits per heavy atom. The normalized spacial score (nSPS) is 9.25. The van der Waals surface area contributed by atoms with Gasteiger partial charge in [-0.2, -0.15) is 0 Å². The van der Waals surface area contributed by atoms with E-state index in [0.717, 1.165) is 35.1 Å². The molecule has 0 saturated carbocycles. The van der Waals surface area contributed by atoms with Crippen molar-refractivity contribution in [3.05, 3.63) is 311 Å². The fourth-order valence-corrected chi connectivity index (χ4v) is 7.76. The summed E-state index contributed by atoms with van der Waals surface area (Å²) in [5, 5.41) is 0.810. The van der Waals surface area contributed by atoms with Gasteiger partial charge < -0.3 is 0 Å². The Hall–Kier alpha value is -4.04. The molecule has 9 heteroatoms. The van der Waals surface area contributed by atoms with Crippen molar-refractivity contribution in [3.63, 3.8) is 0 Å². The van der Waals surface area contributed by atoms with Crippen LogP contribution in [0.1, 0.15) is 50.1 Å². The van der Waals surface area contributed by atoms with Gasteiger partial charge >= 0.3 is 0 Å². The second kappa shape index (κ2) is 39.4. The minimum atomic E-state index is -0.171. The monoisotopic (exact) mass is 1400 g/mol. The van der Waals surface area contributed by atoms with E-state index in [2.05, 4.69) is 213 Å². The van der Waals surface area contributed by atoms with E-state index in [9.17, 15) is 13.2 Å². The Morgan fingerprint density at radius 1 is 0.278 bits per heavy atom. The Labute approximate surface area is 486 Å². The van der Waals surface area contributed by atoms with Gasteiger partial charge in [0, 0.05) is 25.6 Å². The lowest BCUT2D eigenvalue weighted by Crippen LogP contribution is -1.72. The Balaban J connectivity index is 0.000000405. The summed E-state index contributed by atoms with van der Waals surface area (Å²) < 4.78 is 42.4. The molecule has 0 aliphatic rings. The largest absolute Gasteiger partial charge is 0.207 e.